The second-order valence-electron chi connectivity index (χ2n) is 6.81. The van der Waals surface area contributed by atoms with E-state index in [1.54, 1.807) is 0 Å². The predicted octanol–water partition coefficient (Wildman–Crippen LogP) is 2.82. The Hall–Kier alpha value is -0.810. The maximum atomic E-state index is 11.6. The van der Waals surface area contributed by atoms with E-state index in [4.69, 9.17) is 9.47 Å². The zero-order valence-electron chi connectivity index (χ0n) is 13.4. The Morgan fingerprint density at radius 2 is 2.00 bits per heavy atom. The lowest BCUT2D eigenvalue weighted by Crippen LogP contribution is -2.46. The van der Waals surface area contributed by atoms with Crippen LogP contribution in [0.15, 0.2) is 0 Å². The summed E-state index contributed by atoms with van der Waals surface area (Å²) in [6.45, 7) is 10.4. The van der Waals surface area contributed by atoms with Crippen LogP contribution in [0.1, 0.15) is 60.3 Å². The molecular formula is C15H29NO4. The molecule has 2 atom stereocenters. The zero-order chi connectivity index (χ0) is 15.4. The van der Waals surface area contributed by atoms with Gasteiger partial charge in [-0.05, 0) is 47.0 Å². The van der Waals surface area contributed by atoms with Crippen LogP contribution in [-0.4, -0.2) is 35.7 Å². The number of ether oxygens (including phenoxy) is 2. The molecule has 0 heterocycles. The highest BCUT2D eigenvalue weighted by atomic mass is 16.6. The molecule has 0 aromatic rings. The fourth-order valence-electron chi connectivity index (χ4n) is 2.78. The highest BCUT2D eigenvalue weighted by molar-refractivity contribution is 5.67. The number of amides is 1. The predicted molar refractivity (Wildman–Crippen MR) is 77.4 cm³/mol. The number of hydrogen-bond acceptors (Lipinski definition) is 4. The third-order valence-corrected chi connectivity index (χ3v) is 3.92. The molecular weight excluding hydrogens is 258 g/mol. The fourth-order valence-corrected chi connectivity index (χ4v) is 2.78. The fraction of sp³-hybridized carbons (Fsp3) is 0.933. The first-order chi connectivity index (χ1) is 9.12. The highest BCUT2D eigenvalue weighted by Crippen LogP contribution is 2.49. The number of nitrogens with one attached hydrogen (secondary N) is 1. The van der Waals surface area contributed by atoms with Crippen LogP contribution >= 0.6 is 0 Å². The van der Waals surface area contributed by atoms with Gasteiger partial charge in [-0.2, -0.15) is 0 Å². The summed E-state index contributed by atoms with van der Waals surface area (Å²) in [4.78, 5) is 11.6. The number of rotatable bonds is 5. The Bertz CT molecular complexity index is 339. The molecule has 118 valence electrons. The van der Waals surface area contributed by atoms with E-state index in [0.717, 1.165) is 12.8 Å². The lowest BCUT2D eigenvalue weighted by atomic mass is 9.80. The Morgan fingerprint density at radius 1 is 1.35 bits per heavy atom. The SMILES string of the molecule is CCOC1(O)CCCC1(C)CCNC(=O)OC(C)(C)C. The summed E-state index contributed by atoms with van der Waals surface area (Å²) in [5.74, 6) is -1.07. The number of carbonyl (C=O) groups is 1. The molecule has 0 aromatic carbocycles. The van der Waals surface area contributed by atoms with Crippen molar-refractivity contribution in [3.8, 4) is 0 Å². The van der Waals surface area contributed by atoms with E-state index in [1.165, 1.54) is 0 Å². The maximum absolute atomic E-state index is 11.6. The summed E-state index contributed by atoms with van der Waals surface area (Å²) >= 11 is 0. The molecule has 0 saturated heterocycles. The summed E-state index contributed by atoms with van der Waals surface area (Å²) in [6, 6.07) is 0. The average Bonchev–Trinajstić information content (AvgIpc) is 2.53. The number of alkyl carbamates (subject to hydrolysis) is 1. The molecule has 1 fully saturated rings. The van der Waals surface area contributed by atoms with Gasteiger partial charge in [0.15, 0.2) is 5.79 Å². The highest BCUT2D eigenvalue weighted by Gasteiger charge is 2.51. The van der Waals surface area contributed by atoms with Crippen LogP contribution in [0.4, 0.5) is 4.79 Å². The minimum absolute atomic E-state index is 0.321. The van der Waals surface area contributed by atoms with Gasteiger partial charge in [0.05, 0.1) is 0 Å². The molecule has 2 unspecified atom stereocenters. The van der Waals surface area contributed by atoms with E-state index < -0.39 is 17.5 Å². The molecule has 0 spiro atoms. The zero-order valence-corrected chi connectivity index (χ0v) is 13.4. The molecule has 0 bridgehead atoms. The summed E-state index contributed by atoms with van der Waals surface area (Å²) in [5.41, 5.74) is -0.814. The molecule has 1 aliphatic rings. The van der Waals surface area contributed by atoms with Crippen molar-refractivity contribution in [2.75, 3.05) is 13.2 Å². The van der Waals surface area contributed by atoms with Crippen molar-refractivity contribution in [1.29, 1.82) is 0 Å². The Balaban J connectivity index is 2.46. The Labute approximate surface area is 122 Å². The topological polar surface area (TPSA) is 67.8 Å². The quantitative estimate of drug-likeness (QED) is 0.763. The second kappa shape index (κ2) is 6.31. The van der Waals surface area contributed by atoms with Crippen molar-refractivity contribution in [3.63, 3.8) is 0 Å². The first kappa shape index (κ1) is 17.2. The molecule has 2 N–H and O–H groups in total. The number of aliphatic hydroxyl groups is 1. The van der Waals surface area contributed by atoms with Crippen molar-refractivity contribution in [1.82, 2.24) is 5.32 Å². The molecule has 0 radical (unpaired) electrons. The van der Waals surface area contributed by atoms with Gasteiger partial charge in [0, 0.05) is 25.0 Å². The van der Waals surface area contributed by atoms with Crippen LogP contribution in [0.2, 0.25) is 0 Å². The number of hydrogen-bond donors (Lipinski definition) is 2. The van der Waals surface area contributed by atoms with Crippen molar-refractivity contribution >= 4 is 6.09 Å². The standard InChI is InChI=1S/C15H29NO4/c1-6-19-15(18)9-7-8-14(15,5)10-11-16-12(17)20-13(2,3)4/h18H,6-11H2,1-5H3,(H,16,17). The third-order valence-electron chi connectivity index (χ3n) is 3.92. The minimum Gasteiger partial charge on any atom is -0.444 e. The van der Waals surface area contributed by atoms with Crippen molar-refractivity contribution in [2.24, 2.45) is 5.41 Å². The molecule has 1 rings (SSSR count). The van der Waals surface area contributed by atoms with Gasteiger partial charge in [0.25, 0.3) is 0 Å². The minimum atomic E-state index is -1.07. The van der Waals surface area contributed by atoms with Crippen LogP contribution in [0.5, 0.6) is 0 Å². The van der Waals surface area contributed by atoms with Crippen LogP contribution in [-0.2, 0) is 9.47 Å². The van der Waals surface area contributed by atoms with Gasteiger partial charge < -0.3 is 19.9 Å². The lowest BCUT2D eigenvalue weighted by Gasteiger charge is -2.39. The van der Waals surface area contributed by atoms with Gasteiger partial charge in [-0.15, -0.1) is 0 Å². The van der Waals surface area contributed by atoms with E-state index >= 15 is 0 Å². The number of carbonyl (C=O) groups excluding carboxylic acids is 1. The van der Waals surface area contributed by atoms with Crippen LogP contribution < -0.4 is 5.32 Å². The van der Waals surface area contributed by atoms with Crippen LogP contribution in [0, 0.1) is 5.41 Å². The van der Waals surface area contributed by atoms with Crippen molar-refractivity contribution in [2.45, 2.75) is 71.7 Å². The van der Waals surface area contributed by atoms with Gasteiger partial charge in [0.2, 0.25) is 0 Å². The molecule has 1 amide bonds. The van der Waals surface area contributed by atoms with Crippen molar-refractivity contribution < 1.29 is 19.4 Å². The molecule has 0 aliphatic heterocycles. The normalized spacial score (nSPS) is 30.3. The van der Waals surface area contributed by atoms with E-state index in [9.17, 15) is 9.90 Å². The first-order valence-corrected chi connectivity index (χ1v) is 7.45. The van der Waals surface area contributed by atoms with Gasteiger partial charge in [0.1, 0.15) is 5.60 Å². The third kappa shape index (κ3) is 4.35. The van der Waals surface area contributed by atoms with E-state index in [-0.39, 0.29) is 5.41 Å². The first-order valence-electron chi connectivity index (χ1n) is 7.45. The van der Waals surface area contributed by atoms with Crippen molar-refractivity contribution in [3.05, 3.63) is 0 Å². The monoisotopic (exact) mass is 287 g/mol. The molecule has 5 nitrogen and oxygen atoms in total. The maximum Gasteiger partial charge on any atom is 0.407 e. The van der Waals surface area contributed by atoms with Crippen LogP contribution in [0.3, 0.4) is 0 Å². The van der Waals surface area contributed by atoms with E-state index in [2.05, 4.69) is 5.32 Å². The second-order valence-corrected chi connectivity index (χ2v) is 6.81. The molecule has 20 heavy (non-hydrogen) atoms. The summed E-state index contributed by atoms with van der Waals surface area (Å²) < 4.78 is 10.7. The van der Waals surface area contributed by atoms with Crippen LogP contribution in [0.25, 0.3) is 0 Å². The van der Waals surface area contributed by atoms with Gasteiger partial charge in [-0.3, -0.25) is 0 Å². The summed E-state index contributed by atoms with van der Waals surface area (Å²) in [6.07, 6.45) is 2.75. The van der Waals surface area contributed by atoms with Gasteiger partial charge in [-0.1, -0.05) is 6.92 Å². The lowest BCUT2D eigenvalue weighted by molar-refractivity contribution is -0.254. The molecule has 0 aromatic heterocycles. The largest absolute Gasteiger partial charge is 0.444 e. The molecule has 1 saturated carbocycles. The Morgan fingerprint density at radius 3 is 2.55 bits per heavy atom. The van der Waals surface area contributed by atoms with Gasteiger partial charge in [-0.25, -0.2) is 4.79 Å². The Kier molecular flexibility index (Phi) is 5.44. The molecule has 1 aliphatic carbocycles. The smallest absolute Gasteiger partial charge is 0.407 e. The average molecular weight is 287 g/mol. The summed E-state index contributed by atoms with van der Waals surface area (Å²) in [7, 11) is 0. The van der Waals surface area contributed by atoms with E-state index in [0.29, 0.717) is 26.0 Å². The van der Waals surface area contributed by atoms with E-state index in [1.807, 2.05) is 34.6 Å². The molecule has 5 heteroatoms. The van der Waals surface area contributed by atoms with Gasteiger partial charge >= 0.3 is 6.09 Å². The summed E-state index contributed by atoms with van der Waals surface area (Å²) in [5, 5.41) is 13.3.